The topological polar surface area (TPSA) is 96.4 Å². The maximum absolute atomic E-state index is 11.7. The van der Waals surface area contributed by atoms with E-state index in [1.54, 1.807) is 12.1 Å². The average Bonchev–Trinajstić information content (AvgIpc) is 2.35. The Bertz CT molecular complexity index is 595. The zero-order valence-corrected chi connectivity index (χ0v) is 12.2. The number of nitrogens with one attached hydrogen (secondary N) is 1. The van der Waals surface area contributed by atoms with Gasteiger partial charge in [0.05, 0.1) is 5.75 Å². The smallest absolute Gasteiger partial charge is 0.269 e. The molecule has 0 aromatic carbocycles. The Hall–Kier alpha value is -1.73. The minimum atomic E-state index is -4.07. The van der Waals surface area contributed by atoms with Crippen LogP contribution < -0.4 is 5.32 Å². The summed E-state index contributed by atoms with van der Waals surface area (Å²) in [6.07, 6.45) is 5.40. The van der Waals surface area contributed by atoms with Crippen LogP contribution >= 0.6 is 0 Å². The molecule has 0 saturated heterocycles. The molecule has 0 aliphatic heterocycles. The largest absolute Gasteiger partial charge is 0.350 e. The van der Waals surface area contributed by atoms with Crippen LogP contribution in [-0.2, 0) is 10.1 Å². The van der Waals surface area contributed by atoms with Gasteiger partial charge < -0.3 is 5.32 Å². The van der Waals surface area contributed by atoms with E-state index in [0.29, 0.717) is 5.92 Å². The summed E-state index contributed by atoms with van der Waals surface area (Å²) in [6.45, 7) is 3.92. The first-order valence-corrected chi connectivity index (χ1v) is 7.76. The number of nitrogens with zero attached hydrogens (tertiary/aromatic N) is 1. The van der Waals surface area contributed by atoms with Crippen molar-refractivity contribution in [2.45, 2.75) is 21.3 Å². The van der Waals surface area contributed by atoms with Crippen molar-refractivity contribution in [2.75, 3.05) is 12.3 Å². The van der Waals surface area contributed by atoms with Gasteiger partial charge in [0.2, 0.25) is 0 Å². The lowest BCUT2D eigenvalue weighted by Gasteiger charge is -2.04. The lowest BCUT2D eigenvalue weighted by molar-refractivity contribution is 0.0951. The predicted molar refractivity (Wildman–Crippen MR) is 83.6 cm³/mol. The van der Waals surface area contributed by atoms with Gasteiger partial charge in [0.15, 0.2) is 0 Å². The number of carbonyl (C=O) groups excluding carboxylic acids is 1. The molecule has 1 amide bonds. The summed E-state index contributed by atoms with van der Waals surface area (Å²) < 4.78 is 29.6. The Labute approximate surface area is 126 Å². The van der Waals surface area contributed by atoms with Gasteiger partial charge >= 0.3 is 0 Å². The Balaban J connectivity index is 0.00000400. The van der Waals surface area contributed by atoms with Gasteiger partial charge in [0, 0.05) is 12.7 Å². The molecule has 21 heavy (non-hydrogen) atoms. The first-order chi connectivity index (χ1) is 9.28. The van der Waals surface area contributed by atoms with Gasteiger partial charge in [0.1, 0.15) is 5.69 Å². The molecule has 2 N–H and O–H groups in total. The van der Waals surface area contributed by atoms with Crippen molar-refractivity contribution >= 4 is 22.1 Å². The lowest BCUT2D eigenvalue weighted by atomic mass is 10.1. The molecule has 0 fully saturated rings. The minimum Gasteiger partial charge on any atom is -0.350 e. The van der Waals surface area contributed by atoms with Gasteiger partial charge in [-0.25, -0.2) is 0 Å². The number of hydrogen-bond acceptors (Lipinski definition) is 4. The summed E-state index contributed by atoms with van der Waals surface area (Å²) in [5.41, 5.74) is 1.04. The van der Waals surface area contributed by atoms with Crippen LogP contribution in [0, 0.1) is 5.92 Å². The van der Waals surface area contributed by atoms with Crippen molar-refractivity contribution in [1.82, 2.24) is 10.3 Å². The van der Waals surface area contributed by atoms with Crippen LogP contribution in [-0.4, -0.2) is 36.2 Å². The van der Waals surface area contributed by atoms with Crippen LogP contribution in [0.5, 0.6) is 0 Å². The summed E-state index contributed by atoms with van der Waals surface area (Å²) in [4.78, 5) is 15.7. The second kappa shape index (κ2) is 8.53. The van der Waals surface area contributed by atoms with Crippen LogP contribution in [0.2, 0.25) is 0 Å². The fourth-order valence-corrected chi connectivity index (χ4v) is 1.72. The van der Waals surface area contributed by atoms with Crippen LogP contribution in [0.4, 0.5) is 0 Å². The Morgan fingerprint density at radius 1 is 1.48 bits per heavy atom. The molecule has 0 unspecified atom stereocenters. The molecular formula is C14H22N2O4S. The van der Waals surface area contributed by atoms with Crippen molar-refractivity contribution in [3.8, 4) is 0 Å². The maximum Gasteiger partial charge on any atom is 0.269 e. The monoisotopic (exact) mass is 314 g/mol. The van der Waals surface area contributed by atoms with E-state index in [9.17, 15) is 13.2 Å². The van der Waals surface area contributed by atoms with Crippen molar-refractivity contribution in [2.24, 2.45) is 5.92 Å². The Kier molecular flexibility index (Phi) is 7.83. The molecule has 0 radical (unpaired) electrons. The van der Waals surface area contributed by atoms with Crippen LogP contribution in [0.3, 0.4) is 0 Å². The van der Waals surface area contributed by atoms with Gasteiger partial charge in [-0.3, -0.25) is 14.3 Å². The summed E-state index contributed by atoms with van der Waals surface area (Å²) >= 11 is 0. The zero-order chi connectivity index (χ0) is 15.2. The van der Waals surface area contributed by atoms with E-state index in [4.69, 9.17) is 4.55 Å². The second-order valence-electron chi connectivity index (χ2n) is 4.62. The first kappa shape index (κ1) is 19.3. The maximum atomic E-state index is 11.7. The van der Waals surface area contributed by atoms with E-state index in [1.807, 2.05) is 26.0 Å². The number of rotatable bonds is 6. The van der Waals surface area contributed by atoms with Crippen LogP contribution in [0.15, 0.2) is 24.4 Å². The highest BCUT2D eigenvalue weighted by atomic mass is 32.2. The molecule has 0 saturated carbocycles. The molecule has 7 heteroatoms. The molecule has 0 aliphatic rings. The van der Waals surface area contributed by atoms with E-state index in [0.717, 1.165) is 5.56 Å². The fraction of sp³-hybridized carbons (Fsp3) is 0.429. The van der Waals surface area contributed by atoms with Gasteiger partial charge in [-0.05, 0) is 23.6 Å². The third-order valence-electron chi connectivity index (χ3n) is 2.34. The Morgan fingerprint density at radius 3 is 2.71 bits per heavy atom. The second-order valence-corrected chi connectivity index (χ2v) is 6.19. The van der Waals surface area contributed by atoms with Crippen molar-refractivity contribution < 1.29 is 17.8 Å². The molecule has 1 aromatic rings. The zero-order valence-electron chi connectivity index (χ0n) is 11.4. The molecular weight excluding hydrogens is 292 g/mol. The summed E-state index contributed by atoms with van der Waals surface area (Å²) in [6, 6.07) is 3.38. The van der Waals surface area contributed by atoms with Gasteiger partial charge in [-0.15, -0.1) is 0 Å². The average molecular weight is 314 g/mol. The number of aromatic nitrogens is 1. The van der Waals surface area contributed by atoms with Gasteiger partial charge in [-0.1, -0.05) is 33.4 Å². The van der Waals surface area contributed by atoms with Crippen LogP contribution in [0.1, 0.15) is 37.3 Å². The summed E-state index contributed by atoms with van der Waals surface area (Å²) in [7, 11) is -4.07. The summed E-state index contributed by atoms with van der Waals surface area (Å²) in [5.74, 6) is -0.602. The number of amides is 1. The summed E-state index contributed by atoms with van der Waals surface area (Å²) in [5, 5.41) is 2.38. The molecule has 0 bridgehead atoms. The van der Waals surface area contributed by atoms with E-state index in [-0.39, 0.29) is 19.7 Å². The minimum absolute atomic E-state index is 0. The van der Waals surface area contributed by atoms with Crippen LogP contribution in [0.25, 0.3) is 6.08 Å². The molecule has 6 nitrogen and oxygen atoms in total. The standard InChI is InChI=1S/C13H18N2O4S.CH4/c1-10(2)3-4-11-5-6-14-12(9-11)13(16)15-7-8-20(17,18)19;/h3-6,9-10H,7-8H2,1-2H3,(H,15,16)(H,17,18,19);1H4/b4-3+;. The normalized spacial score (nSPS) is 11.4. The SMILES string of the molecule is C.CC(C)/C=C/c1ccnc(C(=O)NCCS(=O)(=O)O)c1. The third-order valence-corrected chi connectivity index (χ3v) is 3.06. The molecule has 0 spiro atoms. The van der Waals surface area contributed by atoms with Gasteiger partial charge in [-0.2, -0.15) is 8.42 Å². The van der Waals surface area contributed by atoms with Gasteiger partial charge in [0.25, 0.3) is 16.0 Å². The lowest BCUT2D eigenvalue weighted by Crippen LogP contribution is -2.29. The molecule has 118 valence electrons. The van der Waals surface area contributed by atoms with E-state index in [1.165, 1.54) is 6.20 Å². The molecule has 1 rings (SSSR count). The third kappa shape index (κ3) is 8.21. The molecule has 1 aromatic heterocycles. The molecule has 0 atom stereocenters. The van der Waals surface area contributed by atoms with E-state index < -0.39 is 21.8 Å². The van der Waals surface area contributed by atoms with Crippen molar-refractivity contribution in [3.05, 3.63) is 35.7 Å². The van der Waals surface area contributed by atoms with E-state index >= 15 is 0 Å². The highest BCUT2D eigenvalue weighted by Gasteiger charge is 2.09. The number of carbonyl (C=O) groups is 1. The van der Waals surface area contributed by atoms with Crippen molar-refractivity contribution in [3.63, 3.8) is 0 Å². The quantitative estimate of drug-likeness (QED) is 0.783. The highest BCUT2D eigenvalue weighted by Crippen LogP contribution is 2.06. The number of hydrogen-bond donors (Lipinski definition) is 2. The fourth-order valence-electron chi connectivity index (χ4n) is 1.36. The highest BCUT2D eigenvalue weighted by molar-refractivity contribution is 7.85. The Morgan fingerprint density at radius 2 is 2.14 bits per heavy atom. The predicted octanol–water partition coefficient (Wildman–Crippen LogP) is 2.00. The number of allylic oxidation sites excluding steroid dienone is 1. The molecule has 0 aliphatic carbocycles. The van der Waals surface area contributed by atoms with E-state index in [2.05, 4.69) is 10.3 Å². The first-order valence-electron chi connectivity index (χ1n) is 6.15. The van der Waals surface area contributed by atoms with Crippen molar-refractivity contribution in [1.29, 1.82) is 0 Å². The molecule has 1 heterocycles. The number of pyridine rings is 1.